The van der Waals surface area contributed by atoms with Gasteiger partial charge in [0.1, 0.15) is 5.75 Å². The van der Waals surface area contributed by atoms with Crippen LogP contribution in [0.5, 0.6) is 5.75 Å². The summed E-state index contributed by atoms with van der Waals surface area (Å²) >= 11 is 0. The van der Waals surface area contributed by atoms with Crippen LogP contribution in [0.3, 0.4) is 0 Å². The van der Waals surface area contributed by atoms with Gasteiger partial charge in [0.15, 0.2) is 5.78 Å². The number of rotatable bonds is 11. The van der Waals surface area contributed by atoms with E-state index in [0.29, 0.717) is 0 Å². The smallest absolute Gasteiger partial charge is 0.507 e. The number of aromatic hydroxyl groups is 1. The second kappa shape index (κ2) is 39.9. The number of carbonyl (C=O) groups excluding carboxylic acids is 1. The Balaban J connectivity index is -0.000000114. The van der Waals surface area contributed by atoms with Gasteiger partial charge in [-0.05, 0) is 64.2 Å². The number of para-hydroxylation sites is 1. The zero-order valence-corrected chi connectivity index (χ0v) is 36.5. The first-order valence-electron chi connectivity index (χ1n) is 17.2. The van der Waals surface area contributed by atoms with Gasteiger partial charge in [-0.1, -0.05) is 155 Å². The van der Waals surface area contributed by atoms with Crippen LogP contribution in [0.1, 0.15) is 153 Å². The zero-order valence-electron chi connectivity index (χ0n) is 33.5. The van der Waals surface area contributed by atoms with Crippen LogP contribution in [0.25, 0.3) is 5.57 Å². The number of Topliss-reactive ketones (excluding diaryl/α,β-unsaturated/α-hetero) is 1. The summed E-state index contributed by atoms with van der Waals surface area (Å²) in [6.07, 6.45) is 18.9. The van der Waals surface area contributed by atoms with Gasteiger partial charge < -0.3 is 23.6 Å². The molecule has 2 rings (SSSR count). The minimum atomic E-state index is 0. The first kappa shape index (κ1) is 57.0. The molecule has 0 saturated heterocycles. The number of nitrogens with zero attached hydrogens (tertiary/aromatic N) is 1. The summed E-state index contributed by atoms with van der Waals surface area (Å²) in [5, 5.41) is 9.50. The average Bonchev–Trinajstić information content (AvgIpc) is 3.88. The second-order valence-electron chi connectivity index (χ2n) is 11.5. The van der Waals surface area contributed by atoms with Crippen LogP contribution in [0.4, 0.5) is 0 Å². The van der Waals surface area contributed by atoms with E-state index in [2.05, 4.69) is 45.0 Å². The molecule has 0 bridgehead atoms. The molecule has 1 aliphatic carbocycles. The molecule has 1 saturated carbocycles. The van der Waals surface area contributed by atoms with Crippen molar-refractivity contribution in [3.8, 4) is 5.75 Å². The number of phenols is 1. The molecule has 0 aromatic heterocycles. The van der Waals surface area contributed by atoms with Crippen molar-refractivity contribution in [3.05, 3.63) is 90.4 Å². The first-order chi connectivity index (χ1) is 21.2. The van der Waals surface area contributed by atoms with Gasteiger partial charge in [-0.15, -0.1) is 0 Å². The second-order valence-corrected chi connectivity index (χ2v) is 11.5. The summed E-state index contributed by atoms with van der Waals surface area (Å²) in [4.78, 5) is 14.8. The number of aliphatic imine (C=N–C) groups is 1. The van der Waals surface area contributed by atoms with Crippen LogP contribution in [-0.4, -0.2) is 24.2 Å². The number of benzene rings is 1. The normalized spacial score (nSPS) is 10.6. The van der Waals surface area contributed by atoms with Gasteiger partial charge >= 0.3 is 21.1 Å². The summed E-state index contributed by atoms with van der Waals surface area (Å²) in [6, 6.07) is 7.21. The van der Waals surface area contributed by atoms with E-state index in [-0.39, 0.29) is 40.0 Å². The predicted octanol–water partition coefficient (Wildman–Crippen LogP) is 14.0. The third-order valence-electron chi connectivity index (χ3n) is 6.41. The molecule has 0 atom stereocenters. The number of phenolic OH excluding ortho intramolecular Hbond substituents is 1. The van der Waals surface area contributed by atoms with Crippen molar-refractivity contribution in [3.63, 3.8) is 0 Å². The molecule has 1 fully saturated rings. The molecule has 1 N–H and O–H groups in total. The van der Waals surface area contributed by atoms with E-state index in [0.717, 1.165) is 45.8 Å². The molecule has 4 heteroatoms. The Kier molecular flexibility index (Phi) is 48.5. The molecule has 3 nitrogen and oxygen atoms in total. The molecule has 270 valence electrons. The molecule has 0 heterocycles. The van der Waals surface area contributed by atoms with Gasteiger partial charge in [-0.3, -0.25) is 10.4 Å². The van der Waals surface area contributed by atoms with E-state index in [1.807, 2.05) is 80.5 Å². The van der Waals surface area contributed by atoms with Gasteiger partial charge in [0.05, 0.1) is 0 Å². The molecule has 1 aromatic rings. The zero-order chi connectivity index (χ0) is 35.8. The van der Waals surface area contributed by atoms with Gasteiger partial charge in [0, 0.05) is 18.2 Å². The van der Waals surface area contributed by atoms with E-state index < -0.39 is 0 Å². The summed E-state index contributed by atoms with van der Waals surface area (Å²) in [5.74, 6) is 1.41. The van der Waals surface area contributed by atoms with E-state index >= 15 is 0 Å². The summed E-state index contributed by atoms with van der Waals surface area (Å²) in [6.45, 7) is 34.0. The third-order valence-corrected chi connectivity index (χ3v) is 6.41. The number of hydrogen-bond acceptors (Lipinski definition) is 3. The van der Waals surface area contributed by atoms with Crippen LogP contribution in [0.2, 0.25) is 0 Å². The Labute approximate surface area is 309 Å². The standard InChI is InChI=1S/C12H14O.C10H16O.C9H20.C6H10N.C3H6.C2H6.CH3.W/c1-9(2)8-10(3)11-6-4-5-7-12(11)13;1-6-8(4)10(7(2)3)9(5)11;1-4-7-8-9(5-2)6-3;1-6(2)4-5-7-3;1-2-3-1;1-2;;/h4-8,13H,3H2,1-2H3;2,6H2,1,3-5H3;9H,4-8H2,1-3H3;5H,1-3H3;1-3H2;1-2H3;1H3;/q;;;-1;;;-1;+2/b;10-8+;;;;;;. The molecule has 0 aliphatic heterocycles. The monoisotopic (exact) mass is 822 g/mol. The van der Waals surface area contributed by atoms with Crippen molar-refractivity contribution in [2.24, 2.45) is 10.9 Å². The Morgan fingerprint density at radius 1 is 0.936 bits per heavy atom. The summed E-state index contributed by atoms with van der Waals surface area (Å²) < 4.78 is 0. The SMILES string of the molecule is C1CC1.C=C(C)/C(C(C)=O)=C(/C)CC.C=C(C=C(C)C)c1ccccc1O.CC.CCCCC(CC)CC.CN=C[C-]=C(C)C.[CH3-].[W+2]. The number of carbonyl (C=O) groups is 1. The predicted molar refractivity (Wildman–Crippen MR) is 213 cm³/mol. The Morgan fingerprint density at radius 3 is 1.68 bits per heavy atom. The molecule has 1 aromatic carbocycles. The first-order valence-corrected chi connectivity index (χ1v) is 17.2. The fourth-order valence-electron chi connectivity index (χ4n) is 3.70. The van der Waals surface area contributed by atoms with Crippen LogP contribution < -0.4 is 0 Å². The van der Waals surface area contributed by atoms with Crippen molar-refractivity contribution in [1.29, 1.82) is 0 Å². The van der Waals surface area contributed by atoms with Crippen molar-refractivity contribution >= 4 is 17.6 Å². The minimum Gasteiger partial charge on any atom is -0.507 e. The van der Waals surface area contributed by atoms with Crippen LogP contribution in [-0.2, 0) is 25.9 Å². The molecule has 0 spiro atoms. The molecular weight excluding hydrogens is 746 g/mol. The summed E-state index contributed by atoms with van der Waals surface area (Å²) in [5.41, 5.74) is 6.79. The number of unbranched alkanes of at least 4 members (excludes halogenated alkanes) is 1. The Morgan fingerprint density at radius 2 is 1.43 bits per heavy atom. The van der Waals surface area contributed by atoms with Gasteiger partial charge in [-0.2, -0.15) is 6.21 Å². The van der Waals surface area contributed by atoms with Crippen molar-refractivity contribution in [2.75, 3.05) is 7.05 Å². The maximum Gasteiger partial charge on any atom is 2.00 e. The average molecular weight is 822 g/mol. The molecule has 47 heavy (non-hydrogen) atoms. The van der Waals surface area contributed by atoms with Crippen molar-refractivity contribution in [2.45, 2.75) is 148 Å². The number of hydrogen-bond donors (Lipinski definition) is 1. The Hall–Kier alpha value is -2.25. The van der Waals surface area contributed by atoms with Crippen LogP contribution >= 0.6 is 0 Å². The van der Waals surface area contributed by atoms with E-state index in [1.165, 1.54) is 56.9 Å². The quantitative estimate of drug-likeness (QED) is 0.105. The number of ketones is 1. The molecule has 0 radical (unpaired) electrons. The van der Waals surface area contributed by atoms with Gasteiger partial charge in [0.2, 0.25) is 0 Å². The maximum absolute atomic E-state index is 11.1. The molecular formula is C43H75NO2W. The molecule has 0 amide bonds. The van der Waals surface area contributed by atoms with Crippen molar-refractivity contribution < 1.29 is 31.0 Å². The van der Waals surface area contributed by atoms with E-state index in [9.17, 15) is 9.90 Å². The topological polar surface area (TPSA) is 49.7 Å². The van der Waals surface area contributed by atoms with E-state index in [1.54, 1.807) is 32.3 Å². The van der Waals surface area contributed by atoms with E-state index in [4.69, 9.17) is 0 Å². The maximum atomic E-state index is 11.1. The van der Waals surface area contributed by atoms with Gasteiger partial charge in [-0.25, -0.2) is 0 Å². The fourth-order valence-corrected chi connectivity index (χ4v) is 3.70. The van der Waals surface area contributed by atoms with Crippen LogP contribution in [0.15, 0.2) is 76.4 Å². The Bertz CT molecular complexity index is 1010. The number of allylic oxidation sites excluding steroid dienone is 8. The van der Waals surface area contributed by atoms with Gasteiger partial charge in [0.25, 0.3) is 0 Å². The summed E-state index contributed by atoms with van der Waals surface area (Å²) in [7, 11) is 1.73. The van der Waals surface area contributed by atoms with Crippen molar-refractivity contribution in [1.82, 2.24) is 0 Å². The fraction of sp³-hybridized carbons (Fsp3) is 0.558. The largest absolute Gasteiger partial charge is 2.00 e. The molecule has 1 aliphatic rings. The van der Waals surface area contributed by atoms with Crippen LogP contribution in [0, 0.1) is 19.4 Å². The molecule has 0 unspecified atom stereocenters. The minimum absolute atomic E-state index is 0. The third kappa shape index (κ3) is 39.8.